The van der Waals surface area contributed by atoms with Crippen LogP contribution >= 0.6 is 0 Å². The molecular weight excluding hydrogens is 336 g/mol. The minimum absolute atomic E-state index is 0.150. The molecule has 3 rings (SSSR count). The number of benzene rings is 1. The summed E-state index contributed by atoms with van der Waals surface area (Å²) in [6, 6.07) is 3.35. The van der Waals surface area contributed by atoms with Crippen LogP contribution in [0, 0.1) is 17.6 Å². The summed E-state index contributed by atoms with van der Waals surface area (Å²) in [5.41, 5.74) is -0.412. The molecular formula is C16H19F2N3O2S. The SMILES string of the molecule is CN(CC1CCc2nccn2C1)S(=O)(=O)Cc1c(F)cccc1F. The van der Waals surface area contributed by atoms with Gasteiger partial charge in [-0.05, 0) is 24.5 Å². The second kappa shape index (κ2) is 6.60. The maximum absolute atomic E-state index is 13.7. The Morgan fingerprint density at radius 3 is 2.75 bits per heavy atom. The third-order valence-electron chi connectivity index (χ3n) is 4.41. The van der Waals surface area contributed by atoms with E-state index in [1.54, 1.807) is 6.20 Å². The van der Waals surface area contributed by atoms with Crippen LogP contribution in [0.15, 0.2) is 30.6 Å². The van der Waals surface area contributed by atoms with Gasteiger partial charge in [0.05, 0.1) is 5.75 Å². The molecule has 1 atom stereocenters. The number of imidazole rings is 1. The van der Waals surface area contributed by atoms with Crippen LogP contribution in [0.3, 0.4) is 0 Å². The van der Waals surface area contributed by atoms with Crippen LogP contribution in [0.2, 0.25) is 0 Å². The summed E-state index contributed by atoms with van der Waals surface area (Å²) in [6.07, 6.45) is 5.25. The van der Waals surface area contributed by atoms with Crippen molar-refractivity contribution < 1.29 is 17.2 Å². The van der Waals surface area contributed by atoms with Crippen LogP contribution in [0.5, 0.6) is 0 Å². The van der Waals surface area contributed by atoms with Crippen molar-refractivity contribution in [3.63, 3.8) is 0 Å². The van der Waals surface area contributed by atoms with Crippen LogP contribution in [-0.4, -0.2) is 35.9 Å². The summed E-state index contributed by atoms with van der Waals surface area (Å²) < 4.78 is 55.5. The van der Waals surface area contributed by atoms with Crippen LogP contribution in [0.25, 0.3) is 0 Å². The topological polar surface area (TPSA) is 55.2 Å². The number of sulfonamides is 1. The molecule has 5 nitrogen and oxygen atoms in total. The standard InChI is InChI=1S/C16H19F2N3O2S/c1-20(9-12-5-6-16-19-7-8-21(16)10-12)24(22,23)11-13-14(17)3-2-4-15(13)18/h2-4,7-8,12H,5-6,9-11H2,1H3. The van der Waals surface area contributed by atoms with Crippen LogP contribution in [0.1, 0.15) is 17.8 Å². The number of aryl methyl sites for hydroxylation is 1. The molecule has 1 aromatic carbocycles. The maximum Gasteiger partial charge on any atom is 0.218 e. The lowest BCUT2D eigenvalue weighted by Crippen LogP contribution is -2.36. The van der Waals surface area contributed by atoms with Gasteiger partial charge in [0.2, 0.25) is 10.0 Å². The Labute approximate surface area is 140 Å². The second-order valence-corrected chi connectivity index (χ2v) is 8.21. The molecule has 130 valence electrons. The van der Waals surface area contributed by atoms with E-state index in [1.807, 2.05) is 10.8 Å². The zero-order chi connectivity index (χ0) is 17.3. The Morgan fingerprint density at radius 2 is 2.04 bits per heavy atom. The van der Waals surface area contributed by atoms with Gasteiger partial charge in [-0.25, -0.2) is 26.5 Å². The van der Waals surface area contributed by atoms with Crippen LogP contribution in [0.4, 0.5) is 8.78 Å². The van der Waals surface area contributed by atoms with Crippen molar-refractivity contribution >= 4 is 10.0 Å². The molecule has 0 amide bonds. The number of hydrogen-bond donors (Lipinski definition) is 0. The molecule has 2 aromatic rings. The van der Waals surface area contributed by atoms with Gasteiger partial charge >= 0.3 is 0 Å². The number of rotatable bonds is 5. The van der Waals surface area contributed by atoms with E-state index in [9.17, 15) is 17.2 Å². The summed E-state index contributed by atoms with van der Waals surface area (Å²) >= 11 is 0. The fourth-order valence-corrected chi connectivity index (χ4v) is 4.33. The summed E-state index contributed by atoms with van der Waals surface area (Å²) in [4.78, 5) is 4.24. The Balaban J connectivity index is 1.69. The number of hydrogen-bond acceptors (Lipinski definition) is 3. The normalized spacial score (nSPS) is 17.9. The first-order chi connectivity index (χ1) is 11.4. The van der Waals surface area contributed by atoms with Gasteiger partial charge in [0.1, 0.15) is 17.5 Å². The van der Waals surface area contributed by atoms with Crippen molar-refractivity contribution in [1.29, 1.82) is 0 Å². The first-order valence-corrected chi connectivity index (χ1v) is 9.34. The molecule has 1 aliphatic heterocycles. The van der Waals surface area contributed by atoms with E-state index in [-0.39, 0.29) is 5.92 Å². The molecule has 0 saturated heterocycles. The predicted octanol–water partition coefficient (Wildman–Crippen LogP) is 2.19. The summed E-state index contributed by atoms with van der Waals surface area (Å²) in [7, 11) is -2.34. The average molecular weight is 355 g/mol. The van der Waals surface area contributed by atoms with E-state index < -0.39 is 33.0 Å². The molecule has 0 saturated carbocycles. The summed E-state index contributed by atoms with van der Waals surface area (Å²) in [5.74, 6) is -1.20. The van der Waals surface area contributed by atoms with Gasteiger partial charge in [-0.15, -0.1) is 0 Å². The first-order valence-electron chi connectivity index (χ1n) is 7.74. The molecule has 1 aromatic heterocycles. The highest BCUT2D eigenvalue weighted by Crippen LogP contribution is 2.22. The molecule has 0 radical (unpaired) electrons. The minimum atomic E-state index is -3.79. The zero-order valence-electron chi connectivity index (χ0n) is 13.3. The molecule has 0 bridgehead atoms. The van der Waals surface area contributed by atoms with Gasteiger partial charge in [-0.2, -0.15) is 0 Å². The van der Waals surface area contributed by atoms with E-state index in [0.29, 0.717) is 13.1 Å². The third-order valence-corrected chi connectivity index (χ3v) is 6.16. The molecule has 1 aliphatic rings. The molecule has 0 N–H and O–H groups in total. The highest BCUT2D eigenvalue weighted by molar-refractivity contribution is 7.88. The monoisotopic (exact) mass is 355 g/mol. The molecule has 1 unspecified atom stereocenters. The van der Waals surface area contributed by atoms with E-state index >= 15 is 0 Å². The van der Waals surface area contributed by atoms with E-state index in [1.165, 1.54) is 17.4 Å². The Bertz CT molecular complexity index is 815. The Morgan fingerprint density at radius 1 is 1.33 bits per heavy atom. The number of halogens is 2. The Kier molecular flexibility index (Phi) is 4.69. The number of nitrogens with zero attached hydrogens (tertiary/aromatic N) is 3. The van der Waals surface area contributed by atoms with Gasteiger partial charge in [-0.1, -0.05) is 6.07 Å². The molecule has 0 fully saturated rings. The number of fused-ring (bicyclic) bond motifs is 1. The van der Waals surface area contributed by atoms with Crippen molar-refractivity contribution in [2.45, 2.75) is 25.1 Å². The lowest BCUT2D eigenvalue weighted by Gasteiger charge is -2.27. The number of aromatic nitrogens is 2. The second-order valence-electron chi connectivity index (χ2n) is 6.14. The van der Waals surface area contributed by atoms with Gasteiger partial charge in [0.15, 0.2) is 0 Å². The fourth-order valence-electron chi connectivity index (χ4n) is 3.03. The smallest absolute Gasteiger partial charge is 0.218 e. The van der Waals surface area contributed by atoms with Gasteiger partial charge in [0.25, 0.3) is 0 Å². The van der Waals surface area contributed by atoms with E-state index in [4.69, 9.17) is 0 Å². The quantitative estimate of drug-likeness (QED) is 0.826. The average Bonchev–Trinajstić information content (AvgIpc) is 2.98. The molecule has 0 aliphatic carbocycles. The molecule has 2 heterocycles. The maximum atomic E-state index is 13.7. The lowest BCUT2D eigenvalue weighted by atomic mass is 10.00. The highest BCUT2D eigenvalue weighted by Gasteiger charge is 2.27. The minimum Gasteiger partial charge on any atom is -0.335 e. The highest BCUT2D eigenvalue weighted by atomic mass is 32.2. The van der Waals surface area contributed by atoms with Crippen molar-refractivity contribution in [1.82, 2.24) is 13.9 Å². The molecule has 24 heavy (non-hydrogen) atoms. The van der Waals surface area contributed by atoms with Gasteiger partial charge < -0.3 is 4.57 Å². The van der Waals surface area contributed by atoms with Crippen molar-refractivity contribution in [2.24, 2.45) is 5.92 Å². The fraction of sp³-hybridized carbons (Fsp3) is 0.438. The zero-order valence-corrected chi connectivity index (χ0v) is 14.1. The van der Waals surface area contributed by atoms with E-state index in [2.05, 4.69) is 4.98 Å². The van der Waals surface area contributed by atoms with Crippen molar-refractivity contribution in [3.05, 3.63) is 53.6 Å². The van der Waals surface area contributed by atoms with Gasteiger partial charge in [0, 0.05) is 44.5 Å². The largest absolute Gasteiger partial charge is 0.335 e. The van der Waals surface area contributed by atoms with Gasteiger partial charge in [-0.3, -0.25) is 0 Å². The van der Waals surface area contributed by atoms with Crippen LogP contribution < -0.4 is 0 Å². The first kappa shape index (κ1) is 17.0. The summed E-state index contributed by atoms with van der Waals surface area (Å²) in [5, 5.41) is 0. The predicted molar refractivity (Wildman–Crippen MR) is 85.6 cm³/mol. The third kappa shape index (κ3) is 3.49. The Hall–Kier alpha value is -1.80. The van der Waals surface area contributed by atoms with Crippen molar-refractivity contribution in [2.75, 3.05) is 13.6 Å². The molecule has 8 heteroatoms. The molecule has 0 spiro atoms. The summed E-state index contributed by atoms with van der Waals surface area (Å²) in [6.45, 7) is 1.01. The lowest BCUT2D eigenvalue weighted by molar-refractivity contribution is 0.303. The van der Waals surface area contributed by atoms with Crippen molar-refractivity contribution in [3.8, 4) is 0 Å². The van der Waals surface area contributed by atoms with E-state index in [0.717, 1.165) is 30.8 Å². The van der Waals surface area contributed by atoms with Crippen LogP contribution in [-0.2, 0) is 28.7 Å².